The fourth-order valence-electron chi connectivity index (χ4n) is 1.27. The average molecular weight is 259 g/mol. The summed E-state index contributed by atoms with van der Waals surface area (Å²) >= 11 is 5.95. The van der Waals surface area contributed by atoms with Gasteiger partial charge in [-0.3, -0.25) is 4.79 Å². The van der Waals surface area contributed by atoms with Gasteiger partial charge in [-0.05, 0) is 17.7 Å². The number of amides is 1. The lowest BCUT2D eigenvalue weighted by Gasteiger charge is -2.09. The Labute approximate surface area is 105 Å². The largest absolute Gasteiger partial charge is 0.495 e. The number of rotatable bonds is 6. The Morgan fingerprint density at radius 3 is 2.88 bits per heavy atom. The number of hydrogen-bond donors (Lipinski definition) is 3. The molecule has 0 spiro atoms. The summed E-state index contributed by atoms with van der Waals surface area (Å²) in [5.41, 5.74) is 5.83. The monoisotopic (exact) mass is 258 g/mol. The number of benzene rings is 1. The number of aliphatic hydroxyl groups excluding tert-OH is 1. The predicted octanol–water partition coefficient (Wildman–Crippen LogP) is 0.284. The van der Waals surface area contributed by atoms with Crippen LogP contribution in [0.1, 0.15) is 5.56 Å². The number of carbonyl (C=O) groups excluding carboxylic acids is 1. The lowest BCUT2D eigenvalue weighted by atomic mass is 10.2. The van der Waals surface area contributed by atoms with Gasteiger partial charge in [0.15, 0.2) is 0 Å². The molecular formula is C11H15ClN2O3. The van der Waals surface area contributed by atoms with E-state index in [0.29, 0.717) is 17.3 Å². The van der Waals surface area contributed by atoms with Crippen LogP contribution in [0.4, 0.5) is 0 Å². The molecule has 1 aromatic carbocycles. The number of nitrogens with two attached hydrogens (primary N) is 1. The second kappa shape index (κ2) is 6.44. The first-order valence-corrected chi connectivity index (χ1v) is 5.43. The Kier molecular flexibility index (Phi) is 5.21. The van der Waals surface area contributed by atoms with Crippen LogP contribution in [0.15, 0.2) is 18.2 Å². The first-order chi connectivity index (χ1) is 8.04. The summed E-state index contributed by atoms with van der Waals surface area (Å²) in [6.45, 7) is 0.590. The lowest BCUT2D eigenvalue weighted by Crippen LogP contribution is -2.37. The summed E-state index contributed by atoms with van der Waals surface area (Å²) in [7, 11) is 1.54. The van der Waals surface area contributed by atoms with E-state index in [0.717, 1.165) is 5.56 Å². The van der Waals surface area contributed by atoms with Crippen molar-refractivity contribution in [3.63, 3.8) is 0 Å². The zero-order chi connectivity index (χ0) is 12.8. The van der Waals surface area contributed by atoms with Crippen molar-refractivity contribution in [2.24, 2.45) is 5.73 Å². The molecule has 5 nitrogen and oxygen atoms in total. The van der Waals surface area contributed by atoms with Gasteiger partial charge in [-0.25, -0.2) is 0 Å². The minimum atomic E-state index is -1.18. The predicted molar refractivity (Wildman–Crippen MR) is 64.9 cm³/mol. The molecule has 1 atom stereocenters. The molecule has 0 aliphatic carbocycles. The molecule has 1 rings (SSSR count). The molecule has 4 N–H and O–H groups in total. The van der Waals surface area contributed by atoms with Gasteiger partial charge in [-0.1, -0.05) is 17.7 Å². The zero-order valence-electron chi connectivity index (χ0n) is 9.44. The van der Waals surface area contributed by atoms with Crippen LogP contribution in [-0.2, 0) is 11.3 Å². The molecule has 0 saturated carbocycles. The maximum atomic E-state index is 10.6. The van der Waals surface area contributed by atoms with Crippen molar-refractivity contribution >= 4 is 17.5 Å². The SMILES string of the molecule is COc1ccc(CNCC(O)C(N)=O)cc1Cl. The van der Waals surface area contributed by atoms with Gasteiger partial charge in [0.2, 0.25) is 5.91 Å². The van der Waals surface area contributed by atoms with Gasteiger partial charge >= 0.3 is 0 Å². The fraction of sp³-hybridized carbons (Fsp3) is 0.364. The van der Waals surface area contributed by atoms with Crippen LogP contribution in [0.5, 0.6) is 5.75 Å². The Balaban J connectivity index is 2.47. The van der Waals surface area contributed by atoms with Crippen LogP contribution in [0.3, 0.4) is 0 Å². The highest BCUT2D eigenvalue weighted by atomic mass is 35.5. The summed E-state index contributed by atoms with van der Waals surface area (Å²) in [5, 5.41) is 12.6. The van der Waals surface area contributed by atoms with Gasteiger partial charge in [0.25, 0.3) is 0 Å². The number of aliphatic hydroxyl groups is 1. The van der Waals surface area contributed by atoms with Gasteiger partial charge in [0.05, 0.1) is 12.1 Å². The summed E-state index contributed by atoms with van der Waals surface area (Å²) < 4.78 is 5.02. The Morgan fingerprint density at radius 2 is 2.35 bits per heavy atom. The number of hydrogen-bond acceptors (Lipinski definition) is 4. The van der Waals surface area contributed by atoms with Crippen molar-refractivity contribution in [2.45, 2.75) is 12.6 Å². The number of methoxy groups -OCH3 is 1. The van der Waals surface area contributed by atoms with Crippen molar-refractivity contribution in [2.75, 3.05) is 13.7 Å². The molecule has 1 aromatic rings. The second-order valence-corrected chi connectivity index (χ2v) is 3.93. The minimum Gasteiger partial charge on any atom is -0.495 e. The lowest BCUT2D eigenvalue weighted by molar-refractivity contribution is -0.125. The molecule has 0 aliphatic rings. The second-order valence-electron chi connectivity index (χ2n) is 3.52. The van der Waals surface area contributed by atoms with E-state index >= 15 is 0 Å². The van der Waals surface area contributed by atoms with Crippen LogP contribution < -0.4 is 15.8 Å². The van der Waals surface area contributed by atoms with Crippen LogP contribution in [0.25, 0.3) is 0 Å². The third-order valence-electron chi connectivity index (χ3n) is 2.21. The van der Waals surface area contributed by atoms with Crippen LogP contribution in [0, 0.1) is 0 Å². The van der Waals surface area contributed by atoms with E-state index in [1.165, 1.54) is 0 Å². The van der Waals surface area contributed by atoms with Gasteiger partial charge in [-0.2, -0.15) is 0 Å². The van der Waals surface area contributed by atoms with Gasteiger partial charge < -0.3 is 20.9 Å². The first kappa shape index (κ1) is 13.8. The van der Waals surface area contributed by atoms with Crippen molar-refractivity contribution in [1.82, 2.24) is 5.32 Å². The molecule has 17 heavy (non-hydrogen) atoms. The number of nitrogens with one attached hydrogen (secondary N) is 1. The van der Waals surface area contributed by atoms with Gasteiger partial charge in [0, 0.05) is 13.1 Å². The normalized spacial score (nSPS) is 12.2. The minimum absolute atomic E-state index is 0.110. The molecule has 94 valence electrons. The van der Waals surface area contributed by atoms with Crippen LogP contribution in [-0.4, -0.2) is 30.8 Å². The van der Waals surface area contributed by atoms with E-state index < -0.39 is 12.0 Å². The van der Waals surface area contributed by atoms with E-state index in [1.54, 1.807) is 19.2 Å². The van der Waals surface area contributed by atoms with Crippen molar-refractivity contribution in [3.8, 4) is 5.75 Å². The number of primary amides is 1. The molecule has 0 heterocycles. The Bertz CT molecular complexity index is 398. The quantitative estimate of drug-likeness (QED) is 0.685. The molecule has 0 aliphatic heterocycles. The summed E-state index contributed by atoms with van der Waals surface area (Å²) in [4.78, 5) is 10.6. The topological polar surface area (TPSA) is 84.6 Å². The Hall–Kier alpha value is -1.30. The maximum Gasteiger partial charge on any atom is 0.247 e. The molecular weight excluding hydrogens is 244 g/mol. The van der Waals surface area contributed by atoms with Gasteiger partial charge in [0.1, 0.15) is 11.9 Å². The smallest absolute Gasteiger partial charge is 0.247 e. The summed E-state index contributed by atoms with van der Waals surface area (Å²) in [6, 6.07) is 5.35. The molecule has 0 saturated heterocycles. The van der Waals surface area contributed by atoms with E-state index in [1.807, 2.05) is 6.07 Å². The van der Waals surface area contributed by atoms with Crippen LogP contribution >= 0.6 is 11.6 Å². The first-order valence-electron chi connectivity index (χ1n) is 5.05. The Morgan fingerprint density at radius 1 is 1.65 bits per heavy atom. The molecule has 0 bridgehead atoms. The molecule has 0 fully saturated rings. The van der Waals surface area contributed by atoms with Crippen molar-refractivity contribution in [1.29, 1.82) is 0 Å². The van der Waals surface area contributed by atoms with E-state index in [-0.39, 0.29) is 6.54 Å². The summed E-state index contributed by atoms with van der Waals surface area (Å²) in [5.74, 6) is -0.141. The third-order valence-corrected chi connectivity index (χ3v) is 2.51. The van der Waals surface area contributed by atoms with Crippen LogP contribution in [0.2, 0.25) is 5.02 Å². The molecule has 0 radical (unpaired) electrons. The van der Waals surface area contributed by atoms with E-state index in [9.17, 15) is 4.79 Å². The highest BCUT2D eigenvalue weighted by molar-refractivity contribution is 6.32. The fourth-order valence-corrected chi connectivity index (χ4v) is 1.55. The summed E-state index contributed by atoms with van der Waals surface area (Å²) in [6.07, 6.45) is -1.18. The molecule has 1 amide bonds. The number of carbonyl (C=O) groups is 1. The van der Waals surface area contributed by atoms with E-state index in [2.05, 4.69) is 5.32 Å². The van der Waals surface area contributed by atoms with Crippen molar-refractivity contribution in [3.05, 3.63) is 28.8 Å². The number of ether oxygens (including phenoxy) is 1. The molecule has 1 unspecified atom stereocenters. The third kappa shape index (κ3) is 4.22. The van der Waals surface area contributed by atoms with Crippen molar-refractivity contribution < 1.29 is 14.6 Å². The average Bonchev–Trinajstić information content (AvgIpc) is 2.29. The zero-order valence-corrected chi connectivity index (χ0v) is 10.2. The highest BCUT2D eigenvalue weighted by Gasteiger charge is 2.09. The number of halogens is 1. The van der Waals surface area contributed by atoms with E-state index in [4.69, 9.17) is 27.2 Å². The standard InChI is InChI=1S/C11H15ClN2O3/c1-17-10-3-2-7(4-8(10)12)5-14-6-9(15)11(13)16/h2-4,9,14-15H,5-6H2,1H3,(H2,13,16). The molecule has 6 heteroatoms. The molecule has 0 aromatic heterocycles. The van der Waals surface area contributed by atoms with Gasteiger partial charge in [-0.15, -0.1) is 0 Å². The maximum absolute atomic E-state index is 10.6. The highest BCUT2D eigenvalue weighted by Crippen LogP contribution is 2.24.